The number of nitrogens with one attached hydrogen (secondary N) is 1. The minimum atomic E-state index is -0.0783. The fraction of sp³-hybridized carbons (Fsp3) is 0.500. The summed E-state index contributed by atoms with van der Waals surface area (Å²) < 4.78 is 5.47. The Kier molecular flexibility index (Phi) is 4.03. The van der Waals surface area contributed by atoms with Gasteiger partial charge in [-0.3, -0.25) is 5.41 Å². The predicted molar refractivity (Wildman–Crippen MR) is 58.0 cm³/mol. The summed E-state index contributed by atoms with van der Waals surface area (Å²) in [6.45, 7) is 4.06. The maximum absolute atomic E-state index is 7.23. The van der Waals surface area contributed by atoms with Crippen LogP contribution in [0.3, 0.4) is 0 Å². The van der Waals surface area contributed by atoms with Gasteiger partial charge in [0, 0.05) is 6.20 Å². The molecule has 1 aromatic heterocycles. The summed E-state index contributed by atoms with van der Waals surface area (Å²) in [7, 11) is 0. The maximum Gasteiger partial charge on any atom is 0.317 e. The lowest BCUT2D eigenvalue weighted by molar-refractivity contribution is 0.192. The largest absolute Gasteiger partial charge is 0.460 e. The number of nitrogen functional groups attached to an aromatic ring is 1. The van der Waals surface area contributed by atoms with Gasteiger partial charge in [0.05, 0.1) is 6.10 Å². The van der Waals surface area contributed by atoms with Crippen LogP contribution in [-0.4, -0.2) is 21.9 Å². The number of aromatic nitrogens is 2. The van der Waals surface area contributed by atoms with E-state index in [0.717, 1.165) is 12.8 Å². The Balaban J connectivity index is 2.69. The molecule has 1 unspecified atom stereocenters. The highest BCUT2D eigenvalue weighted by Crippen LogP contribution is 2.08. The van der Waals surface area contributed by atoms with Gasteiger partial charge in [-0.1, -0.05) is 13.3 Å². The van der Waals surface area contributed by atoms with E-state index in [1.165, 1.54) is 6.20 Å². The monoisotopic (exact) mass is 208 g/mol. The number of hydrogen-bond acceptors (Lipinski definition) is 4. The number of ether oxygens (including phenoxy) is 1. The van der Waals surface area contributed by atoms with Gasteiger partial charge in [-0.25, -0.2) is 4.98 Å². The smallest absolute Gasteiger partial charge is 0.317 e. The van der Waals surface area contributed by atoms with E-state index in [4.69, 9.17) is 15.9 Å². The lowest BCUT2D eigenvalue weighted by Crippen LogP contribution is -2.17. The Morgan fingerprint density at radius 2 is 2.40 bits per heavy atom. The second kappa shape index (κ2) is 5.29. The van der Waals surface area contributed by atoms with Gasteiger partial charge in [0.1, 0.15) is 11.5 Å². The fourth-order valence-corrected chi connectivity index (χ4v) is 1.19. The van der Waals surface area contributed by atoms with Crippen molar-refractivity contribution in [2.75, 3.05) is 0 Å². The molecule has 1 heterocycles. The van der Waals surface area contributed by atoms with Crippen molar-refractivity contribution >= 4 is 5.84 Å². The van der Waals surface area contributed by atoms with E-state index in [9.17, 15) is 0 Å². The average molecular weight is 208 g/mol. The van der Waals surface area contributed by atoms with Gasteiger partial charge in [0.15, 0.2) is 0 Å². The maximum atomic E-state index is 7.23. The normalized spacial score (nSPS) is 12.1. The zero-order valence-electron chi connectivity index (χ0n) is 9.03. The molecule has 1 atom stereocenters. The van der Waals surface area contributed by atoms with Crippen molar-refractivity contribution in [2.24, 2.45) is 5.73 Å². The molecule has 0 saturated carbocycles. The lowest BCUT2D eigenvalue weighted by Gasteiger charge is -2.11. The molecular formula is C10H16N4O. The molecule has 0 bridgehead atoms. The third-order valence-electron chi connectivity index (χ3n) is 1.91. The number of hydrogen-bond donors (Lipinski definition) is 2. The standard InChI is InChI=1S/C10H16N4O/c1-3-4-7(2)15-10-13-6-5-8(14-10)9(11)12/h5-7H,3-4H2,1-2H3,(H3,11,12). The third kappa shape index (κ3) is 3.53. The van der Waals surface area contributed by atoms with Crippen LogP contribution >= 0.6 is 0 Å². The summed E-state index contributed by atoms with van der Waals surface area (Å²) in [5.41, 5.74) is 5.70. The summed E-state index contributed by atoms with van der Waals surface area (Å²) in [4.78, 5) is 7.97. The SMILES string of the molecule is CCCC(C)Oc1nccc(C(=N)N)n1. The van der Waals surface area contributed by atoms with Crippen LogP contribution < -0.4 is 10.5 Å². The van der Waals surface area contributed by atoms with E-state index in [1.54, 1.807) is 6.07 Å². The molecule has 0 radical (unpaired) electrons. The minimum Gasteiger partial charge on any atom is -0.460 e. The van der Waals surface area contributed by atoms with Crippen molar-refractivity contribution < 1.29 is 4.74 Å². The van der Waals surface area contributed by atoms with E-state index in [-0.39, 0.29) is 18.0 Å². The Labute approximate surface area is 89.2 Å². The lowest BCUT2D eigenvalue weighted by atomic mass is 10.2. The van der Waals surface area contributed by atoms with Gasteiger partial charge in [-0.15, -0.1) is 0 Å². The summed E-state index contributed by atoms with van der Waals surface area (Å²) in [6, 6.07) is 1.86. The van der Waals surface area contributed by atoms with Gasteiger partial charge < -0.3 is 10.5 Å². The van der Waals surface area contributed by atoms with Gasteiger partial charge >= 0.3 is 6.01 Å². The quantitative estimate of drug-likeness (QED) is 0.564. The molecule has 0 aliphatic carbocycles. The molecule has 0 aliphatic heterocycles. The van der Waals surface area contributed by atoms with E-state index in [0.29, 0.717) is 5.69 Å². The number of rotatable bonds is 5. The third-order valence-corrected chi connectivity index (χ3v) is 1.91. The highest BCUT2D eigenvalue weighted by molar-refractivity contribution is 5.92. The highest BCUT2D eigenvalue weighted by Gasteiger charge is 2.06. The molecule has 0 aromatic carbocycles. The summed E-state index contributed by atoms with van der Waals surface area (Å²) in [5, 5.41) is 7.23. The van der Waals surface area contributed by atoms with Gasteiger partial charge in [0.2, 0.25) is 0 Å². The van der Waals surface area contributed by atoms with Crippen molar-refractivity contribution in [1.29, 1.82) is 5.41 Å². The number of amidine groups is 1. The first-order valence-electron chi connectivity index (χ1n) is 4.97. The van der Waals surface area contributed by atoms with E-state index < -0.39 is 0 Å². The Morgan fingerprint density at radius 1 is 1.67 bits per heavy atom. The second-order valence-corrected chi connectivity index (χ2v) is 3.36. The van der Waals surface area contributed by atoms with Crippen LogP contribution in [0.5, 0.6) is 6.01 Å². The van der Waals surface area contributed by atoms with Crippen LogP contribution in [0.2, 0.25) is 0 Å². The molecule has 82 valence electrons. The first-order chi connectivity index (χ1) is 7.13. The van der Waals surface area contributed by atoms with Crippen molar-refractivity contribution in [3.63, 3.8) is 0 Å². The van der Waals surface area contributed by atoms with Crippen molar-refractivity contribution in [1.82, 2.24) is 9.97 Å². The molecule has 0 aliphatic rings. The molecule has 0 fully saturated rings. The van der Waals surface area contributed by atoms with Crippen molar-refractivity contribution in [3.8, 4) is 6.01 Å². The first-order valence-corrected chi connectivity index (χ1v) is 4.97. The molecule has 5 heteroatoms. The van der Waals surface area contributed by atoms with Crippen molar-refractivity contribution in [2.45, 2.75) is 32.8 Å². The zero-order chi connectivity index (χ0) is 11.3. The van der Waals surface area contributed by atoms with Crippen LogP contribution in [0, 0.1) is 5.41 Å². The number of nitrogens with two attached hydrogens (primary N) is 1. The summed E-state index contributed by atoms with van der Waals surface area (Å²) in [5.74, 6) is -0.0783. The van der Waals surface area contributed by atoms with Crippen LogP contribution in [0.15, 0.2) is 12.3 Å². The van der Waals surface area contributed by atoms with Gasteiger partial charge in [-0.2, -0.15) is 4.98 Å². The molecule has 1 rings (SSSR count). The summed E-state index contributed by atoms with van der Waals surface area (Å²) >= 11 is 0. The Bertz CT molecular complexity index is 340. The molecule has 1 aromatic rings. The molecule has 0 amide bonds. The van der Waals surface area contributed by atoms with Crippen molar-refractivity contribution in [3.05, 3.63) is 18.0 Å². The molecule has 5 nitrogen and oxygen atoms in total. The van der Waals surface area contributed by atoms with Crippen LogP contribution in [0.1, 0.15) is 32.4 Å². The Hall–Kier alpha value is -1.65. The highest BCUT2D eigenvalue weighted by atomic mass is 16.5. The van der Waals surface area contributed by atoms with Crippen LogP contribution in [0.4, 0.5) is 0 Å². The molecule has 0 spiro atoms. The predicted octanol–water partition coefficient (Wildman–Crippen LogP) is 1.33. The molecule has 15 heavy (non-hydrogen) atoms. The fourth-order valence-electron chi connectivity index (χ4n) is 1.19. The van der Waals surface area contributed by atoms with Gasteiger partial charge in [0.25, 0.3) is 0 Å². The molecular weight excluding hydrogens is 192 g/mol. The van der Waals surface area contributed by atoms with Gasteiger partial charge in [-0.05, 0) is 19.4 Å². The van der Waals surface area contributed by atoms with E-state index in [2.05, 4.69) is 16.9 Å². The minimum absolute atomic E-state index is 0.0783. The van der Waals surface area contributed by atoms with E-state index >= 15 is 0 Å². The summed E-state index contributed by atoms with van der Waals surface area (Å²) in [6.07, 6.45) is 3.62. The second-order valence-electron chi connectivity index (χ2n) is 3.36. The van der Waals surface area contributed by atoms with E-state index in [1.807, 2.05) is 6.92 Å². The number of nitrogens with zero attached hydrogens (tertiary/aromatic N) is 2. The van der Waals surface area contributed by atoms with Crippen LogP contribution in [-0.2, 0) is 0 Å². The molecule has 3 N–H and O–H groups in total. The first kappa shape index (κ1) is 11.4. The Morgan fingerprint density at radius 3 is 3.00 bits per heavy atom. The van der Waals surface area contributed by atoms with Crippen LogP contribution in [0.25, 0.3) is 0 Å². The average Bonchev–Trinajstić information content (AvgIpc) is 2.18. The topological polar surface area (TPSA) is 84.9 Å². The molecule has 0 saturated heterocycles. The zero-order valence-corrected chi connectivity index (χ0v) is 9.03.